The van der Waals surface area contributed by atoms with E-state index in [9.17, 15) is 19.1 Å². The number of aliphatic hydroxyl groups is 1. The van der Waals surface area contributed by atoms with Crippen molar-refractivity contribution in [1.29, 1.82) is 0 Å². The van der Waals surface area contributed by atoms with Gasteiger partial charge in [0.1, 0.15) is 5.82 Å². The van der Waals surface area contributed by atoms with Gasteiger partial charge in [-0.2, -0.15) is 0 Å². The number of amides is 1. The molecule has 1 saturated carbocycles. The van der Waals surface area contributed by atoms with Crippen LogP contribution in [0, 0.1) is 25.1 Å². The smallest absolute Gasteiger partial charge is 0.273 e. The highest BCUT2D eigenvalue weighted by Crippen LogP contribution is 2.41. The zero-order chi connectivity index (χ0) is 23.0. The van der Waals surface area contributed by atoms with Crippen LogP contribution in [0.1, 0.15) is 41.6 Å². The van der Waals surface area contributed by atoms with Gasteiger partial charge in [-0.15, -0.1) is 0 Å². The number of fused-ring (bicyclic) bond motifs is 1. The third-order valence-electron chi connectivity index (χ3n) is 6.88. The minimum absolute atomic E-state index is 0.109. The Morgan fingerprint density at radius 2 is 2.06 bits per heavy atom. The monoisotopic (exact) mass is 440 g/mol. The molecule has 2 atom stereocenters. The number of benzene rings is 1. The number of aliphatic hydroxyl groups excluding tert-OH is 1. The molecule has 0 radical (unpaired) electrons. The van der Waals surface area contributed by atoms with E-state index in [0.29, 0.717) is 36.1 Å². The summed E-state index contributed by atoms with van der Waals surface area (Å²) in [7, 11) is 1.73. The lowest BCUT2D eigenvalue weighted by molar-refractivity contribution is -0.121. The van der Waals surface area contributed by atoms with Gasteiger partial charge >= 0.3 is 0 Å². The van der Waals surface area contributed by atoms with E-state index in [4.69, 9.17) is 0 Å². The molecule has 4 rings (SSSR count). The lowest BCUT2D eigenvalue weighted by Gasteiger charge is -2.33. The molecule has 32 heavy (non-hydrogen) atoms. The molecule has 8 heteroatoms. The van der Waals surface area contributed by atoms with Gasteiger partial charge in [0.2, 0.25) is 5.91 Å². The summed E-state index contributed by atoms with van der Waals surface area (Å²) < 4.78 is 14.9. The molecule has 2 heterocycles. The maximum Gasteiger partial charge on any atom is 0.273 e. The van der Waals surface area contributed by atoms with Crippen LogP contribution in [0.25, 0.3) is 11.0 Å². The predicted molar refractivity (Wildman–Crippen MR) is 120 cm³/mol. The molecular weight excluding hydrogens is 411 g/mol. The summed E-state index contributed by atoms with van der Waals surface area (Å²) in [4.78, 5) is 29.7. The summed E-state index contributed by atoms with van der Waals surface area (Å²) in [5.74, 6) is -0.473. The molecule has 3 N–H and O–H groups in total. The van der Waals surface area contributed by atoms with Gasteiger partial charge in [0.25, 0.3) is 5.56 Å². The molecular formula is C24H29FN4O3. The number of nitrogens with one attached hydrogen (secondary N) is 2. The Labute approximate surface area is 185 Å². The number of hydrogen-bond acceptors (Lipinski definition) is 4. The Balaban J connectivity index is 1.51. The fraction of sp³-hybridized carbons (Fsp3) is 0.458. The van der Waals surface area contributed by atoms with Gasteiger partial charge in [-0.1, -0.05) is 18.6 Å². The zero-order valence-corrected chi connectivity index (χ0v) is 18.7. The van der Waals surface area contributed by atoms with E-state index >= 15 is 0 Å². The number of rotatable bonds is 6. The van der Waals surface area contributed by atoms with E-state index in [-0.39, 0.29) is 23.7 Å². The SMILES string of the molecule is Cc1nc2c(c(C)c1CC(=O)NCC1(Cc3ccc(F)cc3)CCCC1O)c(=O)[nH]n2C. The van der Waals surface area contributed by atoms with Gasteiger partial charge in [0.15, 0.2) is 5.65 Å². The summed E-state index contributed by atoms with van der Waals surface area (Å²) in [5, 5.41) is 16.9. The summed E-state index contributed by atoms with van der Waals surface area (Å²) in [6.07, 6.45) is 2.51. The number of carbonyl (C=O) groups excluding carboxylic acids is 1. The first-order chi connectivity index (χ1) is 15.2. The third kappa shape index (κ3) is 4.07. The lowest BCUT2D eigenvalue weighted by Crippen LogP contribution is -2.44. The number of nitrogens with zero attached hydrogens (tertiary/aromatic N) is 2. The zero-order valence-electron chi connectivity index (χ0n) is 18.7. The van der Waals surface area contributed by atoms with Gasteiger partial charge in [0.05, 0.1) is 17.9 Å². The van der Waals surface area contributed by atoms with Crippen molar-refractivity contribution in [1.82, 2.24) is 20.1 Å². The molecule has 1 aliphatic rings. The fourth-order valence-corrected chi connectivity index (χ4v) is 5.01. The average Bonchev–Trinajstić information content (AvgIpc) is 3.24. The van der Waals surface area contributed by atoms with Crippen molar-refractivity contribution in [2.75, 3.05) is 6.54 Å². The Hall–Kier alpha value is -3.00. The highest BCUT2D eigenvalue weighted by Gasteiger charge is 2.42. The molecule has 170 valence electrons. The van der Waals surface area contributed by atoms with Crippen molar-refractivity contribution in [2.45, 2.75) is 52.1 Å². The number of aryl methyl sites for hydroxylation is 3. The van der Waals surface area contributed by atoms with E-state index in [0.717, 1.165) is 29.5 Å². The molecule has 0 aliphatic heterocycles. The summed E-state index contributed by atoms with van der Waals surface area (Å²) in [6, 6.07) is 6.30. The van der Waals surface area contributed by atoms with Crippen LogP contribution in [0.5, 0.6) is 0 Å². The highest BCUT2D eigenvalue weighted by atomic mass is 19.1. The van der Waals surface area contributed by atoms with E-state index in [2.05, 4.69) is 15.4 Å². The van der Waals surface area contributed by atoms with Crippen LogP contribution in [0.3, 0.4) is 0 Å². The van der Waals surface area contributed by atoms with Crippen molar-refractivity contribution in [3.8, 4) is 0 Å². The number of halogens is 1. The summed E-state index contributed by atoms with van der Waals surface area (Å²) in [6.45, 7) is 4.01. The molecule has 1 amide bonds. The predicted octanol–water partition coefficient (Wildman–Crippen LogP) is 2.45. The normalized spacial score (nSPS) is 20.7. The number of carbonyl (C=O) groups is 1. The first kappa shape index (κ1) is 22.2. The standard InChI is InChI=1S/C24H29FN4O3/c1-14-18(15(2)27-22-21(14)23(32)28-29(22)3)11-20(31)26-13-24(10-4-5-19(24)30)12-16-6-8-17(25)9-7-16/h6-9,19,30H,4-5,10-13H2,1-3H3,(H,26,31)(H,28,32). The fourth-order valence-electron chi connectivity index (χ4n) is 5.01. The van der Waals surface area contributed by atoms with Crippen molar-refractivity contribution in [3.05, 3.63) is 62.8 Å². The van der Waals surface area contributed by atoms with Crippen LogP contribution in [-0.2, 0) is 24.7 Å². The maximum absolute atomic E-state index is 13.3. The van der Waals surface area contributed by atoms with Crippen molar-refractivity contribution < 1.29 is 14.3 Å². The maximum atomic E-state index is 13.3. The molecule has 0 bridgehead atoms. The van der Waals surface area contributed by atoms with E-state index < -0.39 is 11.5 Å². The van der Waals surface area contributed by atoms with Crippen LogP contribution >= 0.6 is 0 Å². The van der Waals surface area contributed by atoms with E-state index in [1.165, 1.54) is 12.1 Å². The first-order valence-electron chi connectivity index (χ1n) is 10.9. The molecule has 1 aromatic carbocycles. The molecule has 0 spiro atoms. The molecule has 3 aromatic rings. The van der Waals surface area contributed by atoms with Crippen molar-refractivity contribution in [3.63, 3.8) is 0 Å². The third-order valence-corrected chi connectivity index (χ3v) is 6.88. The van der Waals surface area contributed by atoms with E-state index in [1.807, 2.05) is 13.8 Å². The molecule has 2 unspecified atom stereocenters. The van der Waals surface area contributed by atoms with Crippen LogP contribution in [0.2, 0.25) is 0 Å². The topological polar surface area (TPSA) is 100 Å². The number of aromatic nitrogens is 3. The quantitative estimate of drug-likeness (QED) is 0.548. The first-order valence-corrected chi connectivity index (χ1v) is 10.9. The van der Waals surface area contributed by atoms with Crippen LogP contribution in [-0.4, -0.2) is 38.4 Å². The van der Waals surface area contributed by atoms with Crippen molar-refractivity contribution >= 4 is 16.9 Å². The second-order valence-corrected chi connectivity index (χ2v) is 9.03. The minimum atomic E-state index is -0.530. The van der Waals surface area contributed by atoms with Gasteiger partial charge in [-0.05, 0) is 61.9 Å². The summed E-state index contributed by atoms with van der Waals surface area (Å²) in [5.41, 5.74) is 3.02. The Morgan fingerprint density at radius 3 is 2.72 bits per heavy atom. The highest BCUT2D eigenvalue weighted by molar-refractivity contribution is 5.84. The number of pyridine rings is 1. The molecule has 0 saturated heterocycles. The average molecular weight is 441 g/mol. The second kappa shape index (κ2) is 8.50. The Morgan fingerprint density at radius 1 is 1.34 bits per heavy atom. The van der Waals surface area contributed by atoms with Gasteiger partial charge < -0.3 is 10.4 Å². The van der Waals surface area contributed by atoms with Gasteiger partial charge in [-0.3, -0.25) is 19.4 Å². The Kier molecular flexibility index (Phi) is 5.90. The second-order valence-electron chi connectivity index (χ2n) is 9.03. The number of H-pyrrole nitrogens is 1. The largest absolute Gasteiger partial charge is 0.392 e. The van der Waals surface area contributed by atoms with Crippen LogP contribution in [0.15, 0.2) is 29.1 Å². The van der Waals surface area contributed by atoms with Crippen LogP contribution < -0.4 is 10.9 Å². The Bertz CT molecular complexity index is 1210. The minimum Gasteiger partial charge on any atom is -0.392 e. The number of aromatic amines is 1. The molecule has 1 fully saturated rings. The van der Waals surface area contributed by atoms with Gasteiger partial charge in [-0.25, -0.2) is 9.37 Å². The number of hydrogen-bond donors (Lipinski definition) is 3. The van der Waals surface area contributed by atoms with E-state index in [1.54, 1.807) is 23.9 Å². The lowest BCUT2D eigenvalue weighted by atomic mass is 9.78. The molecule has 2 aromatic heterocycles. The van der Waals surface area contributed by atoms with Crippen molar-refractivity contribution in [2.24, 2.45) is 12.5 Å². The van der Waals surface area contributed by atoms with Gasteiger partial charge in [0, 0.05) is 24.7 Å². The summed E-state index contributed by atoms with van der Waals surface area (Å²) >= 11 is 0. The van der Waals surface area contributed by atoms with Crippen LogP contribution in [0.4, 0.5) is 4.39 Å². The molecule has 1 aliphatic carbocycles. The molecule has 7 nitrogen and oxygen atoms in total.